The van der Waals surface area contributed by atoms with Gasteiger partial charge in [-0.2, -0.15) is 0 Å². The fourth-order valence-corrected chi connectivity index (χ4v) is 0.528. The predicted molar refractivity (Wildman–Crippen MR) is 39.4 cm³/mol. The molecule has 4 N–H and O–H groups in total. The second-order valence-electron chi connectivity index (χ2n) is 1.39. The minimum Gasteiger partial charge on any atom is -0.304 e. The summed E-state index contributed by atoms with van der Waals surface area (Å²) in [5.74, 6) is 0. The highest BCUT2D eigenvalue weighted by molar-refractivity contribution is 14.0. The zero-order valence-corrected chi connectivity index (χ0v) is 6.31. The van der Waals surface area contributed by atoms with E-state index >= 15 is 0 Å². The van der Waals surface area contributed by atoms with Gasteiger partial charge in [-0.05, 0) is 0 Å². The molecule has 1 saturated heterocycles. The fraction of sp³-hybridized carbons (Fsp3) is 1.00. The molecule has 4 heteroatoms. The number of hydrogen-bond acceptors (Lipinski definition) is 3. The third-order valence-corrected chi connectivity index (χ3v) is 0.854. The number of nitrogens with one attached hydrogen (secondary N) is 2. The summed E-state index contributed by atoms with van der Waals surface area (Å²) in [5.41, 5.74) is 5.31. The van der Waals surface area contributed by atoms with Gasteiger partial charge in [-0.1, -0.05) is 0 Å². The summed E-state index contributed by atoms with van der Waals surface area (Å²) in [5, 5.41) is 5.97. The van der Waals surface area contributed by atoms with E-state index in [4.69, 9.17) is 5.73 Å². The van der Waals surface area contributed by atoms with Gasteiger partial charge >= 0.3 is 0 Å². The zero-order valence-electron chi connectivity index (χ0n) is 3.98. The first-order valence-electron chi connectivity index (χ1n) is 2.12. The predicted octanol–water partition coefficient (Wildman–Crippen LogP) is -0.961. The largest absolute Gasteiger partial charge is 0.304 e. The highest BCUT2D eigenvalue weighted by Crippen LogP contribution is 1.70. The number of nitrogens with two attached hydrogens (primary N) is 1. The molecule has 0 atom stereocenters. The number of rotatable bonds is 0. The van der Waals surface area contributed by atoms with Crippen LogP contribution in [0.3, 0.4) is 0 Å². The summed E-state index contributed by atoms with van der Waals surface area (Å²) in [7, 11) is 0. The lowest BCUT2D eigenvalue weighted by Gasteiger charge is -1.97. The van der Waals surface area contributed by atoms with Crippen molar-refractivity contribution in [3.8, 4) is 0 Å². The van der Waals surface area contributed by atoms with Gasteiger partial charge in [0, 0.05) is 13.1 Å². The van der Waals surface area contributed by atoms with Crippen molar-refractivity contribution in [1.82, 2.24) is 10.6 Å². The third kappa shape index (κ3) is 2.43. The quantitative estimate of drug-likeness (QED) is 0.456. The van der Waals surface area contributed by atoms with E-state index in [9.17, 15) is 0 Å². The van der Waals surface area contributed by atoms with Crippen LogP contribution in [0.2, 0.25) is 0 Å². The Morgan fingerprint density at radius 2 is 1.71 bits per heavy atom. The Morgan fingerprint density at radius 3 is 1.86 bits per heavy atom. The number of hydrogen-bond donors (Lipinski definition) is 3. The maximum absolute atomic E-state index is 5.31. The van der Waals surface area contributed by atoms with Crippen LogP contribution in [0.5, 0.6) is 0 Å². The van der Waals surface area contributed by atoms with E-state index < -0.39 is 0 Å². The van der Waals surface area contributed by atoms with Gasteiger partial charge in [-0.3, -0.25) is 10.6 Å². The molecule has 0 aromatic carbocycles. The van der Waals surface area contributed by atoms with Gasteiger partial charge in [0.2, 0.25) is 0 Å². The van der Waals surface area contributed by atoms with Crippen molar-refractivity contribution in [1.29, 1.82) is 0 Å². The summed E-state index contributed by atoms with van der Waals surface area (Å²) in [6.45, 7) is 2.00. The van der Waals surface area contributed by atoms with Crippen LogP contribution in [-0.2, 0) is 0 Å². The lowest BCUT2D eigenvalue weighted by molar-refractivity contribution is 0.578. The summed E-state index contributed by atoms with van der Waals surface area (Å²) >= 11 is 0. The standard InChI is InChI=1S/C3H9N3.HI/c4-3-5-1-2-6-3;/h3,5-6H,1-2,4H2;1H. The van der Waals surface area contributed by atoms with Gasteiger partial charge in [0.15, 0.2) is 0 Å². The molecule has 0 aromatic rings. The van der Waals surface area contributed by atoms with E-state index in [2.05, 4.69) is 10.6 Å². The van der Waals surface area contributed by atoms with Crippen molar-refractivity contribution < 1.29 is 0 Å². The van der Waals surface area contributed by atoms with Gasteiger partial charge in [-0.25, -0.2) is 0 Å². The molecule has 0 spiro atoms. The fourth-order valence-electron chi connectivity index (χ4n) is 0.528. The average molecular weight is 215 g/mol. The Hall–Kier alpha value is 0.610. The van der Waals surface area contributed by atoms with Gasteiger partial charge in [0.25, 0.3) is 0 Å². The Balaban J connectivity index is 0.000000360. The summed E-state index contributed by atoms with van der Waals surface area (Å²) in [6, 6.07) is 0. The number of halogens is 1. The molecular weight excluding hydrogens is 205 g/mol. The van der Waals surface area contributed by atoms with Crippen LogP contribution >= 0.6 is 24.0 Å². The Labute approximate surface area is 60.0 Å². The van der Waals surface area contributed by atoms with E-state index in [1.807, 2.05) is 0 Å². The first-order valence-corrected chi connectivity index (χ1v) is 2.12. The topological polar surface area (TPSA) is 50.1 Å². The third-order valence-electron chi connectivity index (χ3n) is 0.854. The minimum absolute atomic E-state index is 0. The highest BCUT2D eigenvalue weighted by atomic mass is 127. The van der Waals surface area contributed by atoms with Crippen LogP contribution < -0.4 is 16.4 Å². The van der Waals surface area contributed by atoms with Crippen LogP contribution in [-0.4, -0.2) is 19.4 Å². The summed E-state index contributed by atoms with van der Waals surface area (Å²) in [4.78, 5) is 0. The van der Waals surface area contributed by atoms with Gasteiger partial charge in [0.1, 0.15) is 6.29 Å². The Kier molecular flexibility index (Phi) is 3.91. The van der Waals surface area contributed by atoms with Crippen molar-refractivity contribution >= 4 is 24.0 Å². The molecule has 0 amide bonds. The van der Waals surface area contributed by atoms with Crippen molar-refractivity contribution in [3.05, 3.63) is 0 Å². The van der Waals surface area contributed by atoms with E-state index in [1.54, 1.807) is 0 Å². The van der Waals surface area contributed by atoms with Crippen LogP contribution in [0.1, 0.15) is 0 Å². The minimum atomic E-state index is 0. The molecule has 0 aliphatic carbocycles. The molecule has 1 aliphatic heterocycles. The molecular formula is C3H10IN3. The van der Waals surface area contributed by atoms with Gasteiger partial charge < -0.3 is 5.73 Å². The van der Waals surface area contributed by atoms with Crippen molar-refractivity contribution in [2.24, 2.45) is 5.73 Å². The van der Waals surface area contributed by atoms with Crippen LogP contribution in [0.4, 0.5) is 0 Å². The van der Waals surface area contributed by atoms with E-state index in [0.717, 1.165) is 13.1 Å². The van der Waals surface area contributed by atoms with E-state index in [-0.39, 0.29) is 30.3 Å². The first kappa shape index (κ1) is 7.61. The molecule has 1 rings (SSSR count). The van der Waals surface area contributed by atoms with Gasteiger partial charge in [-0.15, -0.1) is 24.0 Å². The molecule has 1 aliphatic rings. The molecule has 0 bridgehead atoms. The normalized spacial score (nSPS) is 21.9. The average Bonchev–Trinajstić information content (AvgIpc) is 1.86. The lowest BCUT2D eigenvalue weighted by atomic mass is 10.7. The SMILES string of the molecule is I.NC1NCCN1. The van der Waals surface area contributed by atoms with E-state index in [1.165, 1.54) is 0 Å². The van der Waals surface area contributed by atoms with Gasteiger partial charge in [0.05, 0.1) is 0 Å². The first-order chi connectivity index (χ1) is 2.89. The summed E-state index contributed by atoms with van der Waals surface area (Å²) < 4.78 is 0. The Morgan fingerprint density at radius 1 is 1.29 bits per heavy atom. The molecule has 0 radical (unpaired) electrons. The van der Waals surface area contributed by atoms with Crippen molar-refractivity contribution in [2.75, 3.05) is 13.1 Å². The van der Waals surface area contributed by atoms with Crippen molar-refractivity contribution in [3.63, 3.8) is 0 Å². The van der Waals surface area contributed by atoms with Crippen LogP contribution in [0.25, 0.3) is 0 Å². The molecule has 0 unspecified atom stereocenters. The Bertz CT molecular complexity index is 43.4. The molecule has 0 aromatic heterocycles. The molecule has 44 valence electrons. The van der Waals surface area contributed by atoms with Crippen LogP contribution in [0, 0.1) is 0 Å². The lowest BCUT2D eigenvalue weighted by Crippen LogP contribution is -2.39. The zero-order chi connectivity index (χ0) is 4.41. The summed E-state index contributed by atoms with van der Waals surface area (Å²) in [6.07, 6.45) is 0.0463. The van der Waals surface area contributed by atoms with E-state index in [0.29, 0.717) is 0 Å². The monoisotopic (exact) mass is 215 g/mol. The van der Waals surface area contributed by atoms with Crippen LogP contribution in [0.15, 0.2) is 0 Å². The molecule has 0 saturated carbocycles. The van der Waals surface area contributed by atoms with Crippen molar-refractivity contribution in [2.45, 2.75) is 6.29 Å². The molecule has 1 heterocycles. The second kappa shape index (κ2) is 3.59. The maximum Gasteiger partial charge on any atom is 0.109 e. The molecule has 1 fully saturated rings. The smallest absolute Gasteiger partial charge is 0.109 e. The second-order valence-corrected chi connectivity index (χ2v) is 1.39. The maximum atomic E-state index is 5.31. The highest BCUT2D eigenvalue weighted by Gasteiger charge is 2.03. The molecule has 7 heavy (non-hydrogen) atoms. The molecule has 3 nitrogen and oxygen atoms in total.